The molecule has 1 rings (SSSR count). The van der Waals surface area contributed by atoms with Crippen LogP contribution in [-0.4, -0.2) is 22.5 Å². The zero-order chi connectivity index (χ0) is 14.8. The zero-order valence-corrected chi connectivity index (χ0v) is 12.0. The molecule has 1 atom stereocenters. The van der Waals surface area contributed by atoms with Crippen molar-refractivity contribution in [3.63, 3.8) is 0 Å². The third kappa shape index (κ3) is 3.16. The van der Waals surface area contributed by atoms with Gasteiger partial charge in [-0.25, -0.2) is 0 Å². The Morgan fingerprint density at radius 3 is 2.50 bits per heavy atom. The van der Waals surface area contributed by atoms with Crippen molar-refractivity contribution in [1.82, 2.24) is 0 Å². The van der Waals surface area contributed by atoms with Crippen molar-refractivity contribution in [3.05, 3.63) is 27.7 Å². The molecule has 1 unspecified atom stereocenters. The van der Waals surface area contributed by atoms with E-state index in [-0.39, 0.29) is 34.1 Å². The molecule has 18 heavy (non-hydrogen) atoms. The number of benzene rings is 1. The lowest BCUT2D eigenvalue weighted by Gasteiger charge is -2.30. The van der Waals surface area contributed by atoms with E-state index in [1.807, 2.05) is 20.8 Å². The third-order valence-corrected chi connectivity index (χ3v) is 3.37. The summed E-state index contributed by atoms with van der Waals surface area (Å²) >= 11 is 11.8. The number of aromatic hydroxyl groups is 1. The molecular formula is C13H17Cl2NO2. The van der Waals surface area contributed by atoms with Crippen LogP contribution in [0.25, 0.3) is 0 Å². The van der Waals surface area contributed by atoms with E-state index < -0.39 is 5.92 Å². The minimum Gasteiger partial charge on any atom is -0.506 e. The van der Waals surface area contributed by atoms with Gasteiger partial charge in [0.05, 0.1) is 11.6 Å². The number of rotatable bonds is 3. The highest BCUT2D eigenvalue weighted by Crippen LogP contribution is 2.36. The van der Waals surface area contributed by atoms with Gasteiger partial charge in [-0.15, -0.1) is 0 Å². The molecule has 0 aromatic heterocycles. The maximum Gasteiger partial charge on any atom is 0.187 e. The van der Waals surface area contributed by atoms with Gasteiger partial charge >= 0.3 is 0 Å². The lowest BCUT2D eigenvalue weighted by molar-refractivity contribution is 0.180. The summed E-state index contributed by atoms with van der Waals surface area (Å²) < 4.78 is 7.33. The molecule has 0 heterocycles. The molecule has 3 N–H and O–H groups in total. The van der Waals surface area contributed by atoms with Crippen LogP contribution in [0.2, 0.25) is 11.5 Å². The predicted octanol–water partition coefficient (Wildman–Crippen LogP) is 3.72. The molecule has 0 saturated carbocycles. The van der Waals surface area contributed by atoms with Crippen LogP contribution in [0.5, 0.6) is 5.75 Å². The molecule has 0 aliphatic rings. The maximum absolute atomic E-state index is 10.00. The molecule has 1 aromatic carbocycles. The summed E-state index contributed by atoms with van der Waals surface area (Å²) in [5.41, 5.74) is 0.217. The van der Waals surface area contributed by atoms with Crippen LogP contribution >= 0.6 is 23.2 Å². The van der Waals surface area contributed by atoms with Crippen molar-refractivity contribution in [2.75, 3.05) is 6.61 Å². The average Bonchev–Trinajstić information content (AvgIpc) is 2.29. The van der Waals surface area contributed by atoms with Crippen LogP contribution in [0.3, 0.4) is 0 Å². The molecule has 0 radical (unpaired) electrons. The molecule has 1 aromatic rings. The molecule has 0 spiro atoms. The van der Waals surface area contributed by atoms with E-state index in [1.54, 1.807) is 0 Å². The second-order valence-corrected chi connectivity index (χ2v) is 6.11. The SMILES string of the molecule is [H]/N=C(/c1cc(Cl)cc(Cl)c1O)C(CO)C(C)(C)C. The van der Waals surface area contributed by atoms with Crippen molar-refractivity contribution in [2.24, 2.45) is 11.3 Å². The Labute approximate surface area is 118 Å². The lowest BCUT2D eigenvalue weighted by atomic mass is 9.76. The van der Waals surface area contributed by atoms with Crippen molar-refractivity contribution < 1.29 is 11.6 Å². The summed E-state index contributed by atoms with van der Waals surface area (Å²) in [6.45, 7) is 5.57. The first-order chi connectivity index (χ1) is 8.72. The van der Waals surface area contributed by atoms with Gasteiger partial charge in [-0.1, -0.05) is 44.0 Å². The Balaban J connectivity index is 3.40. The summed E-state index contributed by atoms with van der Waals surface area (Å²) in [5, 5.41) is 23.4. The molecule has 0 fully saturated rings. The highest BCUT2D eigenvalue weighted by Gasteiger charge is 2.30. The Morgan fingerprint density at radius 2 is 2.06 bits per heavy atom. The summed E-state index contributed by atoms with van der Waals surface area (Å²) in [7, 11) is 0. The van der Waals surface area contributed by atoms with Crippen molar-refractivity contribution in [1.29, 1.82) is 5.40 Å². The number of hydrogen-bond acceptors (Lipinski definition) is 3. The number of hydrogen-bond donors (Lipinski definition) is 3. The minimum absolute atomic E-state index is 0.0919. The number of halogens is 2. The van der Waals surface area contributed by atoms with Gasteiger partial charge in [0.25, 0.3) is 0 Å². The topological polar surface area (TPSA) is 64.3 Å². The molecular weight excluding hydrogens is 273 g/mol. The molecule has 3 nitrogen and oxygen atoms in total. The summed E-state index contributed by atoms with van der Waals surface area (Å²) in [6.07, 6.45) is 0. The van der Waals surface area contributed by atoms with E-state index >= 15 is 0 Å². The van der Waals surface area contributed by atoms with Gasteiger partial charge in [-0.3, -0.25) is 0 Å². The van der Waals surface area contributed by atoms with Gasteiger partial charge in [0, 0.05) is 22.2 Å². The highest BCUT2D eigenvalue weighted by atomic mass is 35.5. The molecule has 5 heteroatoms. The Kier molecular flexibility index (Phi) is 4.15. The van der Waals surface area contributed by atoms with Gasteiger partial charge in [0.1, 0.15) is 5.75 Å². The molecule has 0 saturated heterocycles. The van der Waals surface area contributed by atoms with Crippen LogP contribution < -0.4 is 0 Å². The molecule has 0 aliphatic carbocycles. The highest BCUT2D eigenvalue weighted by molar-refractivity contribution is 6.36. The van der Waals surface area contributed by atoms with Gasteiger partial charge in [-0.05, 0) is 17.5 Å². The van der Waals surface area contributed by atoms with E-state index in [0.717, 1.165) is 0 Å². The van der Waals surface area contributed by atoms with Crippen molar-refractivity contribution >= 4 is 28.9 Å². The average molecular weight is 290 g/mol. The second kappa shape index (κ2) is 5.47. The second-order valence-electron chi connectivity index (χ2n) is 5.27. The van der Waals surface area contributed by atoms with E-state index in [4.69, 9.17) is 24.6 Å². The van der Waals surface area contributed by atoms with E-state index in [9.17, 15) is 10.2 Å². The summed E-state index contributed by atoms with van der Waals surface area (Å²) in [4.78, 5) is 0. The third-order valence-electron chi connectivity index (χ3n) is 2.86. The molecule has 0 bridgehead atoms. The van der Waals surface area contributed by atoms with Gasteiger partial charge in [0.15, 0.2) is 1.41 Å². The van der Waals surface area contributed by atoms with Crippen LogP contribution in [0, 0.1) is 16.7 Å². The maximum atomic E-state index is 10.00. The number of phenols is 1. The standard InChI is InChI=1S/C13H17Cl2NO2/c1-13(2,3)9(6-17)11(16)8-4-7(14)5-10(15)12(8)18/h4-5,9,16-18H,6H2,1-3H3/b16-11-. The van der Waals surface area contributed by atoms with E-state index in [0.29, 0.717) is 5.02 Å². The lowest BCUT2D eigenvalue weighted by Crippen LogP contribution is -2.31. The zero-order valence-electron chi connectivity index (χ0n) is 11.5. The van der Waals surface area contributed by atoms with Crippen LogP contribution in [-0.2, 0) is 0 Å². The summed E-state index contributed by atoms with van der Waals surface area (Å²) in [6, 6.07) is 2.90. The minimum atomic E-state index is -0.412. The Bertz CT molecular complexity index is 498. The van der Waals surface area contributed by atoms with Crippen LogP contribution in [0.15, 0.2) is 12.1 Å². The number of aliphatic hydroxyl groups is 1. The molecule has 0 amide bonds. The smallest absolute Gasteiger partial charge is 0.187 e. The van der Waals surface area contributed by atoms with Gasteiger partial charge in [0.2, 0.25) is 0 Å². The monoisotopic (exact) mass is 289 g/mol. The fraction of sp³-hybridized carbons (Fsp3) is 0.462. The Morgan fingerprint density at radius 1 is 1.44 bits per heavy atom. The van der Waals surface area contributed by atoms with E-state index in [1.165, 1.54) is 12.1 Å². The number of phenolic OH excluding ortho intramolecular Hbond substituents is 1. The Hall–Kier alpha value is -0.770. The van der Waals surface area contributed by atoms with Gasteiger partial charge < -0.3 is 15.6 Å². The summed E-state index contributed by atoms with van der Waals surface area (Å²) in [5.74, 6) is -0.592. The fourth-order valence-electron chi connectivity index (χ4n) is 1.72. The van der Waals surface area contributed by atoms with Crippen LogP contribution in [0.4, 0.5) is 0 Å². The number of aliphatic hydroxyl groups excluding tert-OH is 1. The predicted molar refractivity (Wildman–Crippen MR) is 75.0 cm³/mol. The van der Waals surface area contributed by atoms with E-state index in [2.05, 4.69) is 5.40 Å². The quantitative estimate of drug-likeness (QED) is 0.743. The fourth-order valence-corrected chi connectivity index (χ4v) is 2.21. The van der Waals surface area contributed by atoms with Crippen LogP contribution in [0.1, 0.15) is 26.3 Å². The normalized spacial score (nSPS) is 15.4. The first kappa shape index (κ1) is 13.7. The first-order valence-corrected chi connectivity index (χ1v) is 6.29. The largest absolute Gasteiger partial charge is 0.506 e. The molecule has 100 valence electrons. The molecule has 0 aliphatic heterocycles. The van der Waals surface area contributed by atoms with Crippen molar-refractivity contribution in [2.45, 2.75) is 20.8 Å². The van der Waals surface area contributed by atoms with Crippen molar-refractivity contribution in [3.8, 4) is 5.75 Å². The number of nitrogens with one attached hydrogen (secondary N) is 1. The first-order valence-electron chi connectivity index (χ1n) is 5.98. The van der Waals surface area contributed by atoms with Gasteiger partial charge in [-0.2, -0.15) is 0 Å².